The molecule has 0 spiro atoms. The summed E-state index contributed by atoms with van der Waals surface area (Å²) in [6.07, 6.45) is 2.29. The molecule has 0 aliphatic heterocycles. The van der Waals surface area contributed by atoms with E-state index < -0.39 is 5.60 Å². The van der Waals surface area contributed by atoms with Crippen LogP contribution in [-0.2, 0) is 12.0 Å². The molecule has 1 aliphatic rings. The minimum Gasteiger partial charge on any atom is -0.496 e. The molecule has 0 radical (unpaired) electrons. The third kappa shape index (κ3) is 1.53. The van der Waals surface area contributed by atoms with Crippen molar-refractivity contribution in [2.75, 3.05) is 7.11 Å². The van der Waals surface area contributed by atoms with E-state index in [0.717, 1.165) is 23.8 Å². The molecule has 2 rings (SSSR count). The lowest BCUT2D eigenvalue weighted by atomic mass is 9.96. The number of carbonyl (C=O) groups is 1. The molecule has 1 aromatic carbocycles. The summed E-state index contributed by atoms with van der Waals surface area (Å²) in [5, 5.41) is 10.1. The number of hydrogen-bond acceptors (Lipinski definition) is 3. The van der Waals surface area contributed by atoms with Gasteiger partial charge in [0.25, 0.3) is 0 Å². The highest BCUT2D eigenvalue weighted by Crippen LogP contribution is 2.39. The Bertz CT molecular complexity index is 408. The number of fused-ring (bicyclic) bond motifs is 1. The lowest BCUT2D eigenvalue weighted by Crippen LogP contribution is -2.16. The smallest absolute Gasteiger partial charge is 0.153 e. The Morgan fingerprint density at radius 1 is 1.53 bits per heavy atom. The van der Waals surface area contributed by atoms with Gasteiger partial charge in [0.15, 0.2) is 6.29 Å². The Labute approximate surface area is 88.7 Å². The lowest BCUT2D eigenvalue weighted by Gasteiger charge is -2.18. The minimum absolute atomic E-state index is 0.499. The van der Waals surface area contributed by atoms with Gasteiger partial charge in [-0.1, -0.05) is 0 Å². The summed E-state index contributed by atoms with van der Waals surface area (Å²) in [5.41, 5.74) is 1.62. The van der Waals surface area contributed by atoms with E-state index in [4.69, 9.17) is 4.74 Å². The molecule has 0 bridgehead atoms. The van der Waals surface area contributed by atoms with E-state index in [1.165, 1.54) is 0 Å². The van der Waals surface area contributed by atoms with E-state index in [-0.39, 0.29) is 0 Å². The van der Waals surface area contributed by atoms with Gasteiger partial charge in [-0.25, -0.2) is 0 Å². The van der Waals surface area contributed by atoms with E-state index in [2.05, 4.69) is 0 Å². The van der Waals surface area contributed by atoms with Crippen molar-refractivity contribution in [3.8, 4) is 5.75 Å². The first kappa shape index (κ1) is 10.2. The highest BCUT2D eigenvalue weighted by atomic mass is 16.5. The summed E-state index contributed by atoms with van der Waals surface area (Å²) in [6.45, 7) is 1.78. The van der Waals surface area contributed by atoms with Crippen LogP contribution in [-0.4, -0.2) is 18.5 Å². The molecule has 0 saturated heterocycles. The molecule has 0 amide bonds. The number of aryl methyl sites for hydroxylation is 1. The molecule has 1 aromatic rings. The summed E-state index contributed by atoms with van der Waals surface area (Å²) in [7, 11) is 1.54. The van der Waals surface area contributed by atoms with Crippen molar-refractivity contribution in [2.45, 2.75) is 25.4 Å². The maximum atomic E-state index is 10.8. The standard InChI is InChI=1S/C12H14O3/c1-12(14)4-3-8-6-11(15-2)9(7-13)5-10(8)12/h5-7,14H,3-4H2,1-2H3. The predicted molar refractivity (Wildman–Crippen MR) is 56.3 cm³/mol. The Morgan fingerprint density at radius 2 is 2.27 bits per heavy atom. The molecule has 0 heterocycles. The molecule has 3 nitrogen and oxygen atoms in total. The van der Waals surface area contributed by atoms with Crippen molar-refractivity contribution in [3.63, 3.8) is 0 Å². The molecule has 0 saturated carbocycles. The third-order valence-corrected chi connectivity index (χ3v) is 3.04. The summed E-state index contributed by atoms with van der Waals surface area (Å²) in [4.78, 5) is 10.8. The van der Waals surface area contributed by atoms with Crippen LogP contribution in [0.1, 0.15) is 34.8 Å². The maximum Gasteiger partial charge on any atom is 0.153 e. The second-order valence-corrected chi connectivity index (χ2v) is 4.14. The third-order valence-electron chi connectivity index (χ3n) is 3.04. The van der Waals surface area contributed by atoms with Gasteiger partial charge in [-0.2, -0.15) is 0 Å². The normalized spacial score (nSPS) is 23.7. The first-order valence-corrected chi connectivity index (χ1v) is 4.97. The fourth-order valence-corrected chi connectivity index (χ4v) is 2.13. The topological polar surface area (TPSA) is 46.5 Å². The van der Waals surface area contributed by atoms with Gasteiger partial charge in [0.05, 0.1) is 18.3 Å². The molecule has 0 aromatic heterocycles. The Kier molecular flexibility index (Phi) is 2.27. The van der Waals surface area contributed by atoms with Crippen LogP contribution >= 0.6 is 0 Å². The second kappa shape index (κ2) is 3.35. The van der Waals surface area contributed by atoms with E-state index in [9.17, 15) is 9.90 Å². The molecule has 0 fully saturated rings. The Balaban J connectivity index is 2.59. The van der Waals surface area contributed by atoms with E-state index >= 15 is 0 Å². The summed E-state index contributed by atoms with van der Waals surface area (Å²) in [6, 6.07) is 3.58. The first-order chi connectivity index (χ1) is 7.08. The van der Waals surface area contributed by atoms with Crippen LogP contribution in [0, 0.1) is 0 Å². The summed E-state index contributed by atoms with van der Waals surface area (Å²) in [5.74, 6) is 0.585. The monoisotopic (exact) mass is 206 g/mol. The van der Waals surface area contributed by atoms with Crippen LogP contribution in [0.4, 0.5) is 0 Å². The quantitative estimate of drug-likeness (QED) is 0.748. The Hall–Kier alpha value is -1.35. The molecule has 1 aliphatic carbocycles. The van der Waals surface area contributed by atoms with E-state index in [1.54, 1.807) is 20.1 Å². The van der Waals surface area contributed by atoms with Crippen molar-refractivity contribution in [1.82, 2.24) is 0 Å². The number of hydrogen-bond donors (Lipinski definition) is 1. The Morgan fingerprint density at radius 3 is 2.87 bits per heavy atom. The van der Waals surface area contributed by atoms with Crippen LogP contribution in [0.3, 0.4) is 0 Å². The van der Waals surface area contributed by atoms with Gasteiger partial charge in [-0.05, 0) is 43.0 Å². The lowest BCUT2D eigenvalue weighted by molar-refractivity contribution is 0.0594. The molecule has 80 valence electrons. The fraction of sp³-hybridized carbons (Fsp3) is 0.417. The minimum atomic E-state index is -0.806. The molecule has 3 heteroatoms. The van der Waals surface area contributed by atoms with Gasteiger partial charge in [0.1, 0.15) is 5.75 Å². The van der Waals surface area contributed by atoms with Crippen LogP contribution in [0.2, 0.25) is 0 Å². The van der Waals surface area contributed by atoms with Crippen LogP contribution in [0.15, 0.2) is 12.1 Å². The van der Waals surface area contributed by atoms with Crippen LogP contribution in [0.25, 0.3) is 0 Å². The number of rotatable bonds is 2. The fourth-order valence-electron chi connectivity index (χ4n) is 2.13. The van der Waals surface area contributed by atoms with Crippen molar-refractivity contribution in [1.29, 1.82) is 0 Å². The van der Waals surface area contributed by atoms with Crippen LogP contribution in [0.5, 0.6) is 5.75 Å². The van der Waals surface area contributed by atoms with Crippen molar-refractivity contribution >= 4 is 6.29 Å². The molecule has 1 unspecified atom stereocenters. The summed E-state index contributed by atoms with van der Waals surface area (Å²) >= 11 is 0. The number of carbonyl (C=O) groups excluding carboxylic acids is 1. The molecule has 1 N–H and O–H groups in total. The van der Waals surface area contributed by atoms with Crippen molar-refractivity contribution in [2.24, 2.45) is 0 Å². The van der Waals surface area contributed by atoms with E-state index in [1.807, 2.05) is 6.07 Å². The van der Waals surface area contributed by atoms with Gasteiger partial charge in [-0.15, -0.1) is 0 Å². The number of aliphatic hydroxyl groups is 1. The van der Waals surface area contributed by atoms with E-state index in [0.29, 0.717) is 17.7 Å². The largest absolute Gasteiger partial charge is 0.496 e. The number of benzene rings is 1. The maximum absolute atomic E-state index is 10.8. The SMILES string of the molecule is COc1cc2c(cc1C=O)C(C)(O)CC2. The van der Waals surface area contributed by atoms with Gasteiger partial charge in [0.2, 0.25) is 0 Å². The number of methoxy groups -OCH3 is 1. The van der Waals surface area contributed by atoms with Gasteiger partial charge in [-0.3, -0.25) is 4.79 Å². The van der Waals surface area contributed by atoms with Crippen molar-refractivity contribution < 1.29 is 14.6 Å². The number of aldehydes is 1. The van der Waals surface area contributed by atoms with Gasteiger partial charge < -0.3 is 9.84 Å². The zero-order chi connectivity index (χ0) is 11.1. The predicted octanol–water partition coefficient (Wildman–Crippen LogP) is 1.66. The molecular weight excluding hydrogens is 192 g/mol. The van der Waals surface area contributed by atoms with Gasteiger partial charge >= 0.3 is 0 Å². The highest BCUT2D eigenvalue weighted by Gasteiger charge is 2.32. The zero-order valence-electron chi connectivity index (χ0n) is 8.91. The molecule has 15 heavy (non-hydrogen) atoms. The zero-order valence-corrected chi connectivity index (χ0v) is 8.91. The highest BCUT2D eigenvalue weighted by molar-refractivity contribution is 5.80. The average Bonchev–Trinajstić information content (AvgIpc) is 2.52. The van der Waals surface area contributed by atoms with Crippen LogP contribution < -0.4 is 4.74 Å². The molecular formula is C12H14O3. The van der Waals surface area contributed by atoms with Crippen molar-refractivity contribution in [3.05, 3.63) is 28.8 Å². The molecule has 1 atom stereocenters. The second-order valence-electron chi connectivity index (χ2n) is 4.14. The average molecular weight is 206 g/mol. The summed E-state index contributed by atoms with van der Waals surface area (Å²) < 4.78 is 5.12. The van der Waals surface area contributed by atoms with Gasteiger partial charge in [0, 0.05) is 0 Å². The first-order valence-electron chi connectivity index (χ1n) is 4.97. The number of ether oxygens (including phenoxy) is 1.